The third kappa shape index (κ3) is 2.78. The first kappa shape index (κ1) is 11.1. The second-order valence-electron chi connectivity index (χ2n) is 2.65. The Hall–Kier alpha value is -0.940. The first-order valence-corrected chi connectivity index (χ1v) is 4.95. The van der Waals surface area contributed by atoms with E-state index in [1.807, 2.05) is 0 Å². The number of hydrogen-bond donors (Lipinski definition) is 2. The molecule has 2 N–H and O–H groups in total. The van der Waals surface area contributed by atoms with E-state index < -0.39 is 0 Å². The van der Waals surface area contributed by atoms with Gasteiger partial charge in [0.05, 0.1) is 18.5 Å². The van der Waals surface area contributed by atoms with E-state index in [2.05, 4.69) is 26.2 Å². The van der Waals surface area contributed by atoms with Crippen molar-refractivity contribution in [3.63, 3.8) is 0 Å². The summed E-state index contributed by atoms with van der Waals surface area (Å²) in [5, 5.41) is 10.4. The van der Waals surface area contributed by atoms with Crippen molar-refractivity contribution in [3.8, 4) is 0 Å². The van der Waals surface area contributed by atoms with Gasteiger partial charge in [-0.05, 0) is 15.9 Å². The SMILES string of the molecule is COCCNc1cncc(Br)c1C=N. The molecule has 0 spiro atoms. The van der Waals surface area contributed by atoms with Crippen LogP contribution in [-0.2, 0) is 4.74 Å². The fraction of sp³-hybridized carbons (Fsp3) is 0.333. The summed E-state index contributed by atoms with van der Waals surface area (Å²) in [7, 11) is 1.65. The van der Waals surface area contributed by atoms with Gasteiger partial charge in [-0.3, -0.25) is 4.98 Å². The van der Waals surface area contributed by atoms with Crippen LogP contribution < -0.4 is 5.32 Å². The minimum atomic E-state index is 0.629. The van der Waals surface area contributed by atoms with Crippen molar-refractivity contribution in [1.82, 2.24) is 4.98 Å². The van der Waals surface area contributed by atoms with E-state index in [9.17, 15) is 0 Å². The van der Waals surface area contributed by atoms with E-state index in [1.165, 1.54) is 6.21 Å². The molecule has 0 saturated carbocycles. The second-order valence-corrected chi connectivity index (χ2v) is 3.50. The van der Waals surface area contributed by atoms with Gasteiger partial charge in [0, 0.05) is 36.1 Å². The summed E-state index contributed by atoms with van der Waals surface area (Å²) >= 11 is 3.33. The van der Waals surface area contributed by atoms with Gasteiger partial charge in [-0.15, -0.1) is 0 Å². The number of aromatic nitrogens is 1. The van der Waals surface area contributed by atoms with Gasteiger partial charge in [0.1, 0.15) is 0 Å². The maximum Gasteiger partial charge on any atom is 0.0635 e. The van der Waals surface area contributed by atoms with Crippen LogP contribution in [0.1, 0.15) is 5.56 Å². The van der Waals surface area contributed by atoms with E-state index >= 15 is 0 Å². The molecule has 76 valence electrons. The van der Waals surface area contributed by atoms with Crippen molar-refractivity contribution in [2.45, 2.75) is 0 Å². The molecule has 5 heteroatoms. The number of hydrogen-bond acceptors (Lipinski definition) is 4. The first-order chi connectivity index (χ1) is 6.79. The predicted octanol–water partition coefficient (Wildman–Crippen LogP) is 1.90. The highest BCUT2D eigenvalue weighted by molar-refractivity contribution is 9.10. The topological polar surface area (TPSA) is 58.0 Å². The molecule has 0 amide bonds. The average molecular weight is 258 g/mol. The van der Waals surface area contributed by atoms with Crippen molar-refractivity contribution in [1.29, 1.82) is 5.41 Å². The lowest BCUT2D eigenvalue weighted by atomic mass is 10.2. The highest BCUT2D eigenvalue weighted by Gasteiger charge is 2.03. The highest BCUT2D eigenvalue weighted by Crippen LogP contribution is 2.20. The van der Waals surface area contributed by atoms with E-state index in [0.29, 0.717) is 13.2 Å². The van der Waals surface area contributed by atoms with Crippen LogP contribution in [0, 0.1) is 5.41 Å². The average Bonchev–Trinajstić information content (AvgIpc) is 2.18. The lowest BCUT2D eigenvalue weighted by molar-refractivity contribution is 0.211. The standard InChI is InChI=1S/C9H12BrN3O/c1-14-3-2-13-9-6-12-5-8(10)7(9)4-11/h4-6,11,13H,2-3H2,1H3. The Kier molecular flexibility index (Phi) is 4.55. The third-order valence-electron chi connectivity index (χ3n) is 1.70. The summed E-state index contributed by atoms with van der Waals surface area (Å²) in [5.41, 5.74) is 1.64. The largest absolute Gasteiger partial charge is 0.383 e. The quantitative estimate of drug-likeness (QED) is 0.626. The molecule has 0 aromatic carbocycles. The molecule has 1 heterocycles. The summed E-state index contributed by atoms with van der Waals surface area (Å²) in [6.45, 7) is 1.33. The molecule has 0 fully saturated rings. The molecule has 1 aromatic heterocycles. The van der Waals surface area contributed by atoms with Crippen LogP contribution in [0.5, 0.6) is 0 Å². The van der Waals surface area contributed by atoms with Crippen molar-refractivity contribution in [2.75, 3.05) is 25.6 Å². The zero-order valence-electron chi connectivity index (χ0n) is 7.88. The van der Waals surface area contributed by atoms with Crippen molar-refractivity contribution in [2.24, 2.45) is 0 Å². The van der Waals surface area contributed by atoms with Gasteiger partial charge in [0.15, 0.2) is 0 Å². The Morgan fingerprint density at radius 3 is 3.07 bits per heavy atom. The second kappa shape index (κ2) is 5.72. The molecular formula is C9H12BrN3O. The third-order valence-corrected chi connectivity index (χ3v) is 2.34. The van der Waals surface area contributed by atoms with Gasteiger partial charge in [-0.25, -0.2) is 0 Å². The van der Waals surface area contributed by atoms with Crippen LogP contribution in [-0.4, -0.2) is 31.5 Å². The number of nitrogens with zero attached hydrogens (tertiary/aromatic N) is 1. The Balaban J connectivity index is 2.75. The van der Waals surface area contributed by atoms with Gasteiger partial charge >= 0.3 is 0 Å². The number of methoxy groups -OCH3 is 1. The van der Waals surface area contributed by atoms with Crippen LogP contribution in [0.2, 0.25) is 0 Å². The van der Waals surface area contributed by atoms with Crippen LogP contribution in [0.4, 0.5) is 5.69 Å². The van der Waals surface area contributed by atoms with E-state index in [0.717, 1.165) is 15.7 Å². The molecule has 0 atom stereocenters. The van der Waals surface area contributed by atoms with Gasteiger partial charge in [0.2, 0.25) is 0 Å². The molecular weight excluding hydrogens is 246 g/mol. The smallest absolute Gasteiger partial charge is 0.0635 e. The maximum absolute atomic E-state index is 7.25. The van der Waals surface area contributed by atoms with Gasteiger partial charge < -0.3 is 15.5 Å². The molecule has 0 saturated heterocycles. The molecule has 0 aliphatic heterocycles. The van der Waals surface area contributed by atoms with Crippen LogP contribution >= 0.6 is 15.9 Å². The van der Waals surface area contributed by atoms with E-state index in [-0.39, 0.29) is 0 Å². The van der Waals surface area contributed by atoms with Crippen LogP contribution in [0.3, 0.4) is 0 Å². The molecule has 0 bridgehead atoms. The summed E-state index contributed by atoms with van der Waals surface area (Å²) in [6, 6.07) is 0. The summed E-state index contributed by atoms with van der Waals surface area (Å²) in [5.74, 6) is 0. The minimum absolute atomic E-state index is 0.629. The zero-order chi connectivity index (χ0) is 10.4. The summed E-state index contributed by atoms with van der Waals surface area (Å²) in [6.07, 6.45) is 4.66. The fourth-order valence-electron chi connectivity index (χ4n) is 1.02. The van der Waals surface area contributed by atoms with Crippen molar-refractivity contribution >= 4 is 27.8 Å². The number of nitrogens with one attached hydrogen (secondary N) is 2. The Labute approximate surface area is 91.3 Å². The van der Waals surface area contributed by atoms with Gasteiger partial charge in [0.25, 0.3) is 0 Å². The predicted molar refractivity (Wildman–Crippen MR) is 60.2 cm³/mol. The Morgan fingerprint density at radius 1 is 1.64 bits per heavy atom. The van der Waals surface area contributed by atoms with Crippen molar-refractivity contribution < 1.29 is 4.74 Å². The van der Waals surface area contributed by atoms with Crippen LogP contribution in [0.25, 0.3) is 0 Å². The summed E-state index contributed by atoms with van der Waals surface area (Å²) < 4.78 is 5.73. The molecule has 0 radical (unpaired) electrons. The van der Waals surface area contributed by atoms with Crippen molar-refractivity contribution in [3.05, 3.63) is 22.4 Å². The molecule has 0 aliphatic rings. The van der Waals surface area contributed by atoms with Gasteiger partial charge in [-0.2, -0.15) is 0 Å². The molecule has 1 aromatic rings. The molecule has 0 aliphatic carbocycles. The maximum atomic E-state index is 7.25. The monoisotopic (exact) mass is 257 g/mol. The van der Waals surface area contributed by atoms with Crippen LogP contribution in [0.15, 0.2) is 16.9 Å². The zero-order valence-corrected chi connectivity index (χ0v) is 9.47. The number of anilines is 1. The number of ether oxygens (including phenoxy) is 1. The number of rotatable bonds is 5. The number of halogens is 1. The lowest BCUT2D eigenvalue weighted by Gasteiger charge is -2.08. The number of pyridine rings is 1. The molecule has 0 unspecified atom stereocenters. The first-order valence-electron chi connectivity index (χ1n) is 4.16. The minimum Gasteiger partial charge on any atom is -0.383 e. The van der Waals surface area contributed by atoms with Gasteiger partial charge in [-0.1, -0.05) is 0 Å². The molecule has 4 nitrogen and oxygen atoms in total. The summed E-state index contributed by atoms with van der Waals surface area (Å²) in [4.78, 5) is 4.02. The normalized spacial score (nSPS) is 9.86. The molecule has 1 rings (SSSR count). The highest BCUT2D eigenvalue weighted by atomic mass is 79.9. The lowest BCUT2D eigenvalue weighted by Crippen LogP contribution is -2.09. The Morgan fingerprint density at radius 2 is 2.43 bits per heavy atom. The molecule has 14 heavy (non-hydrogen) atoms. The van der Waals surface area contributed by atoms with E-state index in [4.69, 9.17) is 10.1 Å². The Bertz CT molecular complexity index is 317. The fourth-order valence-corrected chi connectivity index (χ4v) is 1.47. The van der Waals surface area contributed by atoms with E-state index in [1.54, 1.807) is 19.5 Å².